The summed E-state index contributed by atoms with van der Waals surface area (Å²) < 4.78 is 1.58. The molecule has 1 heterocycles. The predicted molar refractivity (Wildman–Crippen MR) is 95.4 cm³/mol. The Morgan fingerprint density at radius 3 is 2.60 bits per heavy atom. The van der Waals surface area contributed by atoms with Crippen LogP contribution in [0.2, 0.25) is 5.02 Å². The number of aryl methyl sites for hydroxylation is 1. The van der Waals surface area contributed by atoms with Crippen molar-refractivity contribution in [3.05, 3.63) is 71.0 Å². The molecule has 0 atom stereocenters. The molecule has 3 aromatic rings. The number of carbonyl (C=O) groups excluding carboxylic acids is 1. The van der Waals surface area contributed by atoms with E-state index in [2.05, 4.69) is 33.0 Å². The van der Waals surface area contributed by atoms with Crippen LogP contribution in [0.3, 0.4) is 0 Å². The van der Waals surface area contributed by atoms with Crippen molar-refractivity contribution in [2.24, 2.45) is 0 Å². The second-order valence-corrected chi connectivity index (χ2v) is 6.04. The lowest BCUT2D eigenvalue weighted by atomic mass is 10.1. The van der Waals surface area contributed by atoms with E-state index in [0.717, 1.165) is 18.5 Å². The van der Waals surface area contributed by atoms with Gasteiger partial charge in [0, 0.05) is 11.4 Å². The lowest BCUT2D eigenvalue weighted by Gasteiger charge is -2.07. The molecular weight excluding hydrogens is 338 g/mol. The minimum Gasteiger partial charge on any atom is -0.349 e. The van der Waals surface area contributed by atoms with Crippen molar-refractivity contribution in [1.82, 2.24) is 25.5 Å². The molecule has 6 nitrogen and oxygen atoms in total. The maximum Gasteiger partial charge on any atom is 0.220 e. The van der Waals surface area contributed by atoms with Crippen LogP contribution in [0.15, 0.2) is 54.6 Å². The summed E-state index contributed by atoms with van der Waals surface area (Å²) in [7, 11) is 0. The molecule has 0 unspecified atom stereocenters. The number of benzene rings is 2. The number of nitrogens with one attached hydrogen (secondary N) is 1. The number of amides is 1. The van der Waals surface area contributed by atoms with Crippen LogP contribution in [0.4, 0.5) is 0 Å². The van der Waals surface area contributed by atoms with Gasteiger partial charge in [-0.1, -0.05) is 41.9 Å². The third-order valence-electron chi connectivity index (χ3n) is 3.76. The van der Waals surface area contributed by atoms with Gasteiger partial charge in [0.05, 0.1) is 12.2 Å². The molecule has 25 heavy (non-hydrogen) atoms. The molecule has 1 aromatic heterocycles. The Labute approximate surface area is 150 Å². The quantitative estimate of drug-likeness (QED) is 0.707. The molecule has 0 saturated carbocycles. The van der Waals surface area contributed by atoms with E-state index in [1.165, 1.54) is 5.56 Å². The van der Waals surface area contributed by atoms with E-state index >= 15 is 0 Å². The zero-order valence-electron chi connectivity index (χ0n) is 13.6. The number of hydrogen-bond acceptors (Lipinski definition) is 4. The van der Waals surface area contributed by atoms with Gasteiger partial charge in [-0.05, 0) is 53.1 Å². The highest BCUT2D eigenvalue weighted by Gasteiger charge is 2.10. The van der Waals surface area contributed by atoms with Gasteiger partial charge in [0.15, 0.2) is 5.82 Å². The highest BCUT2D eigenvalue weighted by atomic mass is 35.5. The van der Waals surface area contributed by atoms with Crippen molar-refractivity contribution >= 4 is 17.5 Å². The summed E-state index contributed by atoms with van der Waals surface area (Å²) in [6.07, 6.45) is 2.16. The Hall–Kier alpha value is -2.73. The van der Waals surface area contributed by atoms with Gasteiger partial charge in [-0.2, -0.15) is 4.68 Å². The molecule has 0 aliphatic heterocycles. The zero-order chi connectivity index (χ0) is 17.5. The summed E-state index contributed by atoms with van der Waals surface area (Å²) in [5, 5.41) is 15.1. The van der Waals surface area contributed by atoms with Crippen LogP contribution in [0.25, 0.3) is 5.69 Å². The standard InChI is InChI=1S/C18H18ClN5O/c19-15-9-11-16(12-10-15)24-17(21-22-23-24)13-20-18(25)8-4-7-14-5-2-1-3-6-14/h1-3,5-6,9-12H,4,7-8,13H2,(H,20,25). The summed E-state index contributed by atoms with van der Waals surface area (Å²) in [5.74, 6) is 0.556. The fourth-order valence-electron chi connectivity index (χ4n) is 2.46. The smallest absolute Gasteiger partial charge is 0.220 e. The van der Waals surface area contributed by atoms with Gasteiger partial charge >= 0.3 is 0 Å². The van der Waals surface area contributed by atoms with Crippen molar-refractivity contribution in [2.75, 3.05) is 0 Å². The molecular formula is C18H18ClN5O. The molecule has 0 aliphatic rings. The number of halogens is 1. The van der Waals surface area contributed by atoms with Crippen LogP contribution in [0.1, 0.15) is 24.2 Å². The minimum atomic E-state index is -0.0124. The van der Waals surface area contributed by atoms with Gasteiger partial charge in [0.2, 0.25) is 5.91 Å². The molecule has 1 N–H and O–H groups in total. The van der Waals surface area contributed by atoms with E-state index in [1.54, 1.807) is 16.8 Å². The van der Waals surface area contributed by atoms with Gasteiger partial charge in [0.25, 0.3) is 0 Å². The molecule has 0 fully saturated rings. The third kappa shape index (κ3) is 4.87. The van der Waals surface area contributed by atoms with Gasteiger partial charge in [-0.25, -0.2) is 0 Å². The van der Waals surface area contributed by atoms with Crippen LogP contribution >= 0.6 is 11.6 Å². The van der Waals surface area contributed by atoms with Crippen LogP contribution in [-0.4, -0.2) is 26.1 Å². The first-order valence-corrected chi connectivity index (χ1v) is 8.44. The van der Waals surface area contributed by atoms with E-state index < -0.39 is 0 Å². The number of hydrogen-bond donors (Lipinski definition) is 1. The summed E-state index contributed by atoms with van der Waals surface area (Å²) in [6, 6.07) is 17.3. The summed E-state index contributed by atoms with van der Waals surface area (Å²) in [5.41, 5.74) is 2.03. The molecule has 7 heteroatoms. The van der Waals surface area contributed by atoms with E-state index in [-0.39, 0.29) is 12.5 Å². The second kappa shape index (κ2) is 8.39. The Morgan fingerprint density at radius 2 is 1.84 bits per heavy atom. The molecule has 128 valence electrons. The highest BCUT2D eigenvalue weighted by molar-refractivity contribution is 6.30. The normalized spacial score (nSPS) is 10.6. The van der Waals surface area contributed by atoms with Crippen LogP contribution in [0, 0.1) is 0 Å². The van der Waals surface area contributed by atoms with Crippen LogP contribution in [-0.2, 0) is 17.8 Å². The molecule has 0 bridgehead atoms. The van der Waals surface area contributed by atoms with Gasteiger partial charge in [-0.15, -0.1) is 5.10 Å². The fraction of sp³-hybridized carbons (Fsp3) is 0.222. The summed E-state index contributed by atoms with van der Waals surface area (Å²) in [4.78, 5) is 12.0. The van der Waals surface area contributed by atoms with Crippen molar-refractivity contribution in [2.45, 2.75) is 25.8 Å². The molecule has 0 spiro atoms. The molecule has 3 rings (SSSR count). The predicted octanol–water partition coefficient (Wildman–Crippen LogP) is 2.95. The number of carbonyl (C=O) groups is 1. The minimum absolute atomic E-state index is 0.0124. The number of nitrogens with zero attached hydrogens (tertiary/aromatic N) is 4. The molecule has 2 aromatic carbocycles. The van der Waals surface area contributed by atoms with E-state index in [1.807, 2.05) is 30.3 Å². The average Bonchev–Trinajstić information content (AvgIpc) is 3.10. The topological polar surface area (TPSA) is 72.7 Å². The van der Waals surface area contributed by atoms with Gasteiger partial charge < -0.3 is 5.32 Å². The number of tetrazole rings is 1. The largest absolute Gasteiger partial charge is 0.349 e. The van der Waals surface area contributed by atoms with E-state index in [0.29, 0.717) is 17.3 Å². The molecule has 1 amide bonds. The highest BCUT2D eigenvalue weighted by Crippen LogP contribution is 2.13. The number of aromatic nitrogens is 4. The van der Waals surface area contributed by atoms with Crippen molar-refractivity contribution in [3.63, 3.8) is 0 Å². The van der Waals surface area contributed by atoms with Gasteiger partial charge in [-0.3, -0.25) is 4.79 Å². The molecule has 0 radical (unpaired) electrons. The Bertz CT molecular complexity index is 817. The Morgan fingerprint density at radius 1 is 1.08 bits per heavy atom. The van der Waals surface area contributed by atoms with Crippen molar-refractivity contribution in [3.8, 4) is 5.69 Å². The first-order chi connectivity index (χ1) is 12.2. The zero-order valence-corrected chi connectivity index (χ0v) is 14.4. The molecule has 0 saturated heterocycles. The summed E-state index contributed by atoms with van der Waals surface area (Å²) >= 11 is 5.89. The molecule has 0 aliphatic carbocycles. The lowest BCUT2D eigenvalue weighted by Crippen LogP contribution is -2.24. The summed E-state index contributed by atoms with van der Waals surface area (Å²) in [6.45, 7) is 0.278. The lowest BCUT2D eigenvalue weighted by molar-refractivity contribution is -0.121. The maximum atomic E-state index is 12.0. The maximum absolute atomic E-state index is 12.0. The van der Waals surface area contributed by atoms with E-state index in [4.69, 9.17) is 11.6 Å². The van der Waals surface area contributed by atoms with Crippen molar-refractivity contribution in [1.29, 1.82) is 0 Å². The van der Waals surface area contributed by atoms with E-state index in [9.17, 15) is 4.79 Å². The van der Waals surface area contributed by atoms with Crippen LogP contribution in [0.5, 0.6) is 0 Å². The SMILES string of the molecule is O=C(CCCc1ccccc1)NCc1nnnn1-c1ccc(Cl)cc1. The second-order valence-electron chi connectivity index (χ2n) is 5.60. The monoisotopic (exact) mass is 355 g/mol. The average molecular weight is 356 g/mol. The number of rotatable bonds is 7. The van der Waals surface area contributed by atoms with Gasteiger partial charge in [0.1, 0.15) is 0 Å². The fourth-order valence-corrected chi connectivity index (χ4v) is 2.59. The Balaban J connectivity index is 1.49. The van der Waals surface area contributed by atoms with Crippen molar-refractivity contribution < 1.29 is 4.79 Å². The Kier molecular flexibility index (Phi) is 5.74. The third-order valence-corrected chi connectivity index (χ3v) is 4.01. The van der Waals surface area contributed by atoms with Crippen LogP contribution < -0.4 is 5.32 Å². The first kappa shape index (κ1) is 17.1. The first-order valence-electron chi connectivity index (χ1n) is 8.06.